The lowest BCUT2D eigenvalue weighted by Gasteiger charge is -2.07. The van der Waals surface area contributed by atoms with E-state index in [-0.39, 0.29) is 11.9 Å². The molecule has 6 nitrogen and oxygen atoms in total. The zero-order chi connectivity index (χ0) is 22.2. The molecule has 3 aromatic rings. The molecule has 2 aromatic carbocycles. The lowest BCUT2D eigenvalue weighted by molar-refractivity contribution is 0.0459. The van der Waals surface area contributed by atoms with Crippen LogP contribution in [0.2, 0.25) is 0 Å². The molecular formula is C24H23N3O3S. The molecule has 0 fully saturated rings. The molecular weight excluding hydrogens is 410 g/mol. The van der Waals surface area contributed by atoms with Crippen LogP contribution in [0.15, 0.2) is 60.1 Å². The number of carbonyl (C=O) groups excluding carboxylic acids is 1. The number of hydrogen-bond acceptors (Lipinski definition) is 7. The van der Waals surface area contributed by atoms with Gasteiger partial charge in [0.15, 0.2) is 0 Å². The van der Waals surface area contributed by atoms with Gasteiger partial charge in [-0.2, -0.15) is 5.26 Å². The fourth-order valence-electron chi connectivity index (χ4n) is 2.64. The number of hydrogen-bond donors (Lipinski definition) is 1. The maximum atomic E-state index is 12.0. The monoisotopic (exact) mass is 433 g/mol. The van der Waals surface area contributed by atoms with Crippen molar-refractivity contribution in [2.45, 2.75) is 13.8 Å². The van der Waals surface area contributed by atoms with Crippen molar-refractivity contribution in [2.75, 3.05) is 19.0 Å². The van der Waals surface area contributed by atoms with E-state index in [2.05, 4.69) is 16.4 Å². The molecule has 0 aliphatic heterocycles. The number of allylic oxidation sites excluding steroid dienone is 1. The summed E-state index contributed by atoms with van der Waals surface area (Å²) in [5.41, 5.74) is 3.35. The number of benzene rings is 2. The Bertz CT molecular complexity index is 1110. The molecule has 7 heteroatoms. The first kappa shape index (κ1) is 22.1. The van der Waals surface area contributed by atoms with Crippen LogP contribution in [0, 0.1) is 17.2 Å². The molecule has 31 heavy (non-hydrogen) atoms. The Morgan fingerprint density at radius 1 is 1.26 bits per heavy atom. The Morgan fingerprint density at radius 2 is 2.03 bits per heavy atom. The number of nitrogens with zero attached hydrogens (tertiary/aromatic N) is 2. The van der Waals surface area contributed by atoms with Crippen LogP contribution in [-0.2, 0) is 4.74 Å². The van der Waals surface area contributed by atoms with E-state index < -0.39 is 0 Å². The molecule has 0 bridgehead atoms. The van der Waals surface area contributed by atoms with Gasteiger partial charge >= 0.3 is 5.97 Å². The summed E-state index contributed by atoms with van der Waals surface area (Å²) in [4.78, 5) is 16.6. The molecule has 1 heterocycles. The van der Waals surface area contributed by atoms with Crippen molar-refractivity contribution < 1.29 is 14.3 Å². The molecule has 0 aliphatic carbocycles. The molecule has 0 saturated heterocycles. The van der Waals surface area contributed by atoms with E-state index in [1.54, 1.807) is 37.6 Å². The van der Waals surface area contributed by atoms with Crippen LogP contribution in [0.5, 0.6) is 5.75 Å². The molecule has 1 N–H and O–H groups in total. The zero-order valence-corrected chi connectivity index (χ0v) is 18.4. The third-order valence-electron chi connectivity index (χ3n) is 4.27. The molecule has 158 valence electrons. The van der Waals surface area contributed by atoms with E-state index in [0.29, 0.717) is 22.8 Å². The number of thiazole rings is 1. The minimum Gasteiger partial charge on any atom is -0.497 e. The topological polar surface area (TPSA) is 84.2 Å². The summed E-state index contributed by atoms with van der Waals surface area (Å²) in [5, 5.41) is 15.2. The van der Waals surface area contributed by atoms with E-state index in [1.807, 2.05) is 43.5 Å². The standard InChI is InChI=1S/C24H23N3O3S/c1-16(2)14-30-24(28)17-7-9-20(10-8-17)26-13-19(12-25)23-27-22(15-31-23)18-5-4-6-21(11-18)29-3/h4-11,13,15-16,26H,14H2,1-3H3. The van der Waals surface area contributed by atoms with Crippen molar-refractivity contribution in [3.05, 3.63) is 70.7 Å². The molecule has 0 amide bonds. The average molecular weight is 434 g/mol. The Balaban J connectivity index is 1.69. The highest BCUT2D eigenvalue weighted by Gasteiger charge is 2.10. The number of anilines is 1. The SMILES string of the molecule is COc1cccc(-c2csc(C(C#N)=CNc3ccc(C(=O)OCC(C)C)cc3)n2)c1. The first-order valence-corrected chi connectivity index (χ1v) is 10.6. The van der Waals surface area contributed by atoms with E-state index in [1.165, 1.54) is 11.3 Å². The van der Waals surface area contributed by atoms with Crippen molar-refractivity contribution >= 4 is 28.6 Å². The largest absolute Gasteiger partial charge is 0.497 e. The first-order valence-electron chi connectivity index (χ1n) is 9.74. The number of aromatic nitrogens is 1. The lowest BCUT2D eigenvalue weighted by atomic mass is 10.1. The predicted octanol–water partition coefficient (Wildman–Crippen LogP) is 5.61. The van der Waals surface area contributed by atoms with Crippen molar-refractivity contribution in [2.24, 2.45) is 5.92 Å². The van der Waals surface area contributed by atoms with Crippen LogP contribution in [0.1, 0.15) is 29.2 Å². The molecule has 0 unspecified atom stereocenters. The van der Waals surface area contributed by atoms with Gasteiger partial charge in [-0.25, -0.2) is 9.78 Å². The predicted molar refractivity (Wildman–Crippen MR) is 123 cm³/mol. The highest BCUT2D eigenvalue weighted by Crippen LogP contribution is 2.28. The van der Waals surface area contributed by atoms with Crippen molar-refractivity contribution in [1.82, 2.24) is 4.98 Å². The van der Waals surface area contributed by atoms with E-state index >= 15 is 0 Å². The summed E-state index contributed by atoms with van der Waals surface area (Å²) in [6, 6.07) is 16.7. The van der Waals surface area contributed by atoms with Gasteiger partial charge in [0.05, 0.1) is 25.0 Å². The summed E-state index contributed by atoms with van der Waals surface area (Å²) in [6.45, 7) is 4.36. The Kier molecular flexibility index (Phi) is 7.41. The molecule has 0 saturated carbocycles. The molecule has 0 spiro atoms. The van der Waals surface area contributed by atoms with Gasteiger partial charge in [0.25, 0.3) is 0 Å². The summed E-state index contributed by atoms with van der Waals surface area (Å²) in [7, 11) is 1.62. The number of rotatable bonds is 8. The zero-order valence-electron chi connectivity index (χ0n) is 17.6. The fourth-order valence-corrected chi connectivity index (χ4v) is 3.43. The van der Waals surface area contributed by atoms with Gasteiger partial charge in [-0.15, -0.1) is 11.3 Å². The smallest absolute Gasteiger partial charge is 0.338 e. The fraction of sp³-hybridized carbons (Fsp3) is 0.208. The molecule has 0 radical (unpaired) electrons. The molecule has 0 aliphatic rings. The maximum absolute atomic E-state index is 12.0. The van der Waals surface area contributed by atoms with Gasteiger partial charge in [-0.1, -0.05) is 26.0 Å². The Morgan fingerprint density at radius 3 is 2.71 bits per heavy atom. The van der Waals surface area contributed by atoms with Gasteiger partial charge in [0.1, 0.15) is 22.4 Å². The van der Waals surface area contributed by atoms with E-state index in [4.69, 9.17) is 9.47 Å². The van der Waals surface area contributed by atoms with Gasteiger partial charge in [-0.05, 0) is 42.3 Å². The number of methoxy groups -OCH3 is 1. The van der Waals surface area contributed by atoms with Crippen molar-refractivity contribution in [3.8, 4) is 23.1 Å². The minimum absolute atomic E-state index is 0.287. The van der Waals surface area contributed by atoms with Crippen molar-refractivity contribution in [1.29, 1.82) is 5.26 Å². The van der Waals surface area contributed by atoms with Crippen LogP contribution >= 0.6 is 11.3 Å². The summed E-state index contributed by atoms with van der Waals surface area (Å²) >= 11 is 1.40. The summed E-state index contributed by atoms with van der Waals surface area (Å²) in [6.07, 6.45) is 1.61. The number of ether oxygens (including phenoxy) is 2. The quantitative estimate of drug-likeness (QED) is 0.367. The van der Waals surface area contributed by atoms with Crippen LogP contribution in [0.3, 0.4) is 0 Å². The number of nitriles is 1. The minimum atomic E-state index is -0.346. The highest BCUT2D eigenvalue weighted by molar-refractivity contribution is 7.11. The number of nitrogens with one attached hydrogen (secondary N) is 1. The third kappa shape index (κ3) is 5.93. The number of esters is 1. The lowest BCUT2D eigenvalue weighted by Crippen LogP contribution is -2.10. The van der Waals surface area contributed by atoms with Crippen LogP contribution in [-0.4, -0.2) is 24.7 Å². The second kappa shape index (κ2) is 10.4. The second-order valence-electron chi connectivity index (χ2n) is 7.15. The van der Waals surface area contributed by atoms with Gasteiger partial charge in [-0.3, -0.25) is 0 Å². The first-order chi connectivity index (χ1) is 15.0. The maximum Gasteiger partial charge on any atom is 0.338 e. The average Bonchev–Trinajstić information content (AvgIpc) is 3.28. The van der Waals surface area contributed by atoms with Gasteiger partial charge in [0, 0.05) is 22.8 Å². The molecule has 1 aromatic heterocycles. The third-order valence-corrected chi connectivity index (χ3v) is 5.15. The van der Waals surface area contributed by atoms with Crippen LogP contribution in [0.4, 0.5) is 5.69 Å². The summed E-state index contributed by atoms with van der Waals surface area (Å²) in [5.74, 6) is 0.692. The van der Waals surface area contributed by atoms with Crippen LogP contribution < -0.4 is 10.1 Å². The Hall–Kier alpha value is -3.63. The highest BCUT2D eigenvalue weighted by atomic mass is 32.1. The van der Waals surface area contributed by atoms with Gasteiger partial charge < -0.3 is 14.8 Å². The molecule has 0 atom stereocenters. The van der Waals surface area contributed by atoms with E-state index in [0.717, 1.165) is 22.7 Å². The Labute approximate surface area is 185 Å². The second-order valence-corrected chi connectivity index (χ2v) is 8.01. The van der Waals surface area contributed by atoms with Crippen LogP contribution in [0.25, 0.3) is 16.8 Å². The summed E-state index contributed by atoms with van der Waals surface area (Å²) < 4.78 is 10.5. The van der Waals surface area contributed by atoms with E-state index in [9.17, 15) is 10.1 Å². The number of carbonyl (C=O) groups is 1. The van der Waals surface area contributed by atoms with Crippen molar-refractivity contribution in [3.63, 3.8) is 0 Å². The molecule has 3 rings (SSSR count). The normalized spacial score (nSPS) is 11.1. The van der Waals surface area contributed by atoms with Gasteiger partial charge in [0.2, 0.25) is 0 Å².